The summed E-state index contributed by atoms with van der Waals surface area (Å²) < 4.78 is 4.88. The van der Waals surface area contributed by atoms with Crippen molar-refractivity contribution in [1.82, 2.24) is 0 Å². The van der Waals surface area contributed by atoms with Gasteiger partial charge in [-0.1, -0.05) is 26.0 Å². The summed E-state index contributed by atoms with van der Waals surface area (Å²) in [4.78, 5) is 24.0. The summed E-state index contributed by atoms with van der Waals surface area (Å²) in [6.45, 7) is 4.56. The molecule has 5 nitrogen and oxygen atoms in total. The molecule has 1 aliphatic rings. The number of rotatable bonds is 3. The van der Waals surface area contributed by atoms with Crippen LogP contribution in [0.1, 0.15) is 31.7 Å². The quantitative estimate of drug-likeness (QED) is 0.910. The lowest BCUT2D eigenvalue weighted by molar-refractivity contribution is -0.147. The van der Waals surface area contributed by atoms with Crippen LogP contribution in [0.4, 0.5) is 10.5 Å². The van der Waals surface area contributed by atoms with Crippen LogP contribution >= 0.6 is 0 Å². The summed E-state index contributed by atoms with van der Waals surface area (Å²) in [7, 11) is 0. The predicted octanol–water partition coefficient (Wildman–Crippen LogP) is 2.61. The van der Waals surface area contributed by atoms with Crippen LogP contribution in [-0.4, -0.2) is 29.8 Å². The first kappa shape index (κ1) is 13.4. The van der Waals surface area contributed by atoms with Crippen molar-refractivity contribution >= 4 is 17.7 Å². The molecule has 1 fully saturated rings. The Kier molecular flexibility index (Phi) is 3.74. The molecule has 1 atom stereocenters. The molecule has 0 spiro atoms. The SMILES string of the molecule is CC(C)c1ccc(N2CCC(C(=O)O)OC2=O)cc1. The molecule has 0 bridgehead atoms. The van der Waals surface area contributed by atoms with E-state index < -0.39 is 18.2 Å². The van der Waals surface area contributed by atoms with Crippen LogP contribution in [0.2, 0.25) is 0 Å². The number of anilines is 1. The molecule has 0 aromatic heterocycles. The molecule has 0 aliphatic carbocycles. The molecule has 19 heavy (non-hydrogen) atoms. The van der Waals surface area contributed by atoms with Crippen LogP contribution in [0, 0.1) is 0 Å². The van der Waals surface area contributed by atoms with Crippen LogP contribution in [-0.2, 0) is 9.53 Å². The van der Waals surface area contributed by atoms with Crippen molar-refractivity contribution in [2.24, 2.45) is 0 Å². The minimum atomic E-state index is -1.09. The maximum atomic E-state index is 11.8. The number of aliphatic carboxylic acids is 1. The van der Waals surface area contributed by atoms with E-state index in [1.807, 2.05) is 24.3 Å². The number of carbonyl (C=O) groups excluding carboxylic acids is 1. The van der Waals surface area contributed by atoms with Crippen LogP contribution < -0.4 is 4.90 Å². The second kappa shape index (κ2) is 5.30. The topological polar surface area (TPSA) is 66.8 Å². The Balaban J connectivity index is 2.11. The lowest BCUT2D eigenvalue weighted by Gasteiger charge is -2.30. The fourth-order valence-electron chi connectivity index (χ4n) is 2.03. The first-order valence-corrected chi connectivity index (χ1v) is 6.30. The highest BCUT2D eigenvalue weighted by atomic mass is 16.6. The van der Waals surface area contributed by atoms with Crippen molar-refractivity contribution in [3.8, 4) is 0 Å². The molecule has 2 rings (SSSR count). The van der Waals surface area contributed by atoms with Crippen molar-refractivity contribution in [3.05, 3.63) is 29.8 Å². The highest BCUT2D eigenvalue weighted by Gasteiger charge is 2.32. The van der Waals surface area contributed by atoms with Gasteiger partial charge in [0.25, 0.3) is 0 Å². The van der Waals surface area contributed by atoms with Crippen LogP contribution in [0.3, 0.4) is 0 Å². The van der Waals surface area contributed by atoms with Gasteiger partial charge in [-0.05, 0) is 23.6 Å². The van der Waals surface area contributed by atoms with Gasteiger partial charge in [-0.25, -0.2) is 9.59 Å². The smallest absolute Gasteiger partial charge is 0.415 e. The van der Waals surface area contributed by atoms with Gasteiger partial charge in [0.15, 0.2) is 0 Å². The monoisotopic (exact) mass is 263 g/mol. The molecule has 1 aromatic carbocycles. The summed E-state index contributed by atoms with van der Waals surface area (Å²) in [6.07, 6.45) is -1.33. The summed E-state index contributed by atoms with van der Waals surface area (Å²) >= 11 is 0. The zero-order valence-corrected chi connectivity index (χ0v) is 11.0. The number of benzene rings is 1. The van der Waals surface area contributed by atoms with E-state index in [1.165, 1.54) is 10.5 Å². The molecule has 1 aromatic rings. The number of amides is 1. The van der Waals surface area contributed by atoms with E-state index in [9.17, 15) is 9.59 Å². The number of carboxylic acid groups (broad SMARTS) is 1. The highest BCUT2D eigenvalue weighted by Crippen LogP contribution is 2.23. The molecule has 1 saturated heterocycles. The van der Waals surface area contributed by atoms with E-state index in [1.54, 1.807) is 0 Å². The van der Waals surface area contributed by atoms with Gasteiger partial charge in [0.2, 0.25) is 6.10 Å². The van der Waals surface area contributed by atoms with Crippen LogP contribution in [0.5, 0.6) is 0 Å². The Morgan fingerprint density at radius 3 is 2.47 bits per heavy atom. The zero-order valence-electron chi connectivity index (χ0n) is 11.0. The maximum absolute atomic E-state index is 11.8. The van der Waals surface area contributed by atoms with E-state index in [-0.39, 0.29) is 0 Å². The van der Waals surface area contributed by atoms with Crippen molar-refractivity contribution in [2.45, 2.75) is 32.3 Å². The molecule has 0 radical (unpaired) electrons. The van der Waals surface area contributed by atoms with Gasteiger partial charge < -0.3 is 9.84 Å². The van der Waals surface area contributed by atoms with Gasteiger partial charge in [-0.3, -0.25) is 4.90 Å². The lowest BCUT2D eigenvalue weighted by atomic mass is 10.0. The molecule has 1 aliphatic heterocycles. The van der Waals surface area contributed by atoms with Crippen LogP contribution in [0.25, 0.3) is 0 Å². The number of carbonyl (C=O) groups is 2. The average Bonchev–Trinajstić information content (AvgIpc) is 2.38. The third kappa shape index (κ3) is 2.86. The number of nitrogens with zero attached hydrogens (tertiary/aromatic N) is 1. The zero-order chi connectivity index (χ0) is 14.0. The second-order valence-corrected chi connectivity index (χ2v) is 4.90. The fourth-order valence-corrected chi connectivity index (χ4v) is 2.03. The third-order valence-corrected chi connectivity index (χ3v) is 3.23. The van der Waals surface area contributed by atoms with Crippen molar-refractivity contribution in [3.63, 3.8) is 0 Å². The molecular weight excluding hydrogens is 246 g/mol. The lowest BCUT2D eigenvalue weighted by Crippen LogP contribution is -2.44. The fraction of sp³-hybridized carbons (Fsp3) is 0.429. The normalized spacial score (nSPS) is 19.4. The largest absolute Gasteiger partial charge is 0.479 e. The van der Waals surface area contributed by atoms with Gasteiger partial charge in [-0.2, -0.15) is 0 Å². The Bertz CT molecular complexity index is 481. The number of ether oxygens (including phenoxy) is 1. The molecule has 1 amide bonds. The van der Waals surface area contributed by atoms with Gasteiger partial charge in [0.1, 0.15) is 0 Å². The van der Waals surface area contributed by atoms with Crippen LogP contribution in [0.15, 0.2) is 24.3 Å². The minimum absolute atomic E-state index is 0.299. The number of hydrogen-bond acceptors (Lipinski definition) is 3. The van der Waals surface area contributed by atoms with Gasteiger partial charge in [0, 0.05) is 18.7 Å². The maximum Gasteiger partial charge on any atom is 0.415 e. The Labute approximate surface area is 111 Å². The molecule has 1 N–H and O–H groups in total. The van der Waals surface area contributed by atoms with E-state index in [2.05, 4.69) is 13.8 Å². The Morgan fingerprint density at radius 2 is 2.00 bits per heavy atom. The number of cyclic esters (lactones) is 1. The molecule has 1 heterocycles. The summed E-state index contributed by atoms with van der Waals surface area (Å²) in [5.41, 5.74) is 1.93. The minimum Gasteiger partial charge on any atom is -0.479 e. The second-order valence-electron chi connectivity index (χ2n) is 4.90. The molecule has 5 heteroatoms. The van der Waals surface area contributed by atoms with E-state index in [4.69, 9.17) is 9.84 Å². The summed E-state index contributed by atoms with van der Waals surface area (Å²) in [5.74, 6) is -0.665. The standard InChI is InChI=1S/C14H17NO4/c1-9(2)10-3-5-11(6-4-10)15-8-7-12(13(16)17)19-14(15)18/h3-6,9,12H,7-8H2,1-2H3,(H,16,17). The summed E-state index contributed by atoms with van der Waals surface area (Å²) in [5, 5.41) is 8.81. The number of hydrogen-bond donors (Lipinski definition) is 1. The molecule has 102 valence electrons. The van der Waals surface area contributed by atoms with Crippen molar-refractivity contribution < 1.29 is 19.4 Å². The molecule has 1 unspecified atom stereocenters. The van der Waals surface area contributed by atoms with Gasteiger partial charge in [-0.15, -0.1) is 0 Å². The molecular formula is C14H17NO4. The number of carboxylic acids is 1. The van der Waals surface area contributed by atoms with E-state index in [0.717, 1.165) is 5.69 Å². The first-order valence-electron chi connectivity index (χ1n) is 6.30. The Hall–Kier alpha value is -2.04. The van der Waals surface area contributed by atoms with Gasteiger partial charge >= 0.3 is 12.1 Å². The van der Waals surface area contributed by atoms with Gasteiger partial charge in [0.05, 0.1) is 0 Å². The average molecular weight is 263 g/mol. The first-order chi connectivity index (χ1) is 8.99. The van der Waals surface area contributed by atoms with E-state index >= 15 is 0 Å². The van der Waals surface area contributed by atoms with Crippen molar-refractivity contribution in [1.29, 1.82) is 0 Å². The Morgan fingerprint density at radius 1 is 1.37 bits per heavy atom. The van der Waals surface area contributed by atoms with Crippen molar-refractivity contribution in [2.75, 3.05) is 11.4 Å². The molecule has 0 saturated carbocycles. The summed E-state index contributed by atoms with van der Waals surface area (Å²) in [6, 6.07) is 7.66. The third-order valence-electron chi connectivity index (χ3n) is 3.23. The highest BCUT2D eigenvalue weighted by molar-refractivity contribution is 5.90. The van der Waals surface area contributed by atoms with E-state index in [0.29, 0.717) is 18.9 Å². The predicted molar refractivity (Wildman–Crippen MR) is 70.4 cm³/mol.